The lowest BCUT2D eigenvalue weighted by Crippen LogP contribution is -2.28. The summed E-state index contributed by atoms with van der Waals surface area (Å²) in [5.41, 5.74) is 0. The standard InChI is InChI=1S/C11H22NO4PS2/c1-3-9-18-17(14,16-4-2)19-10-15-11(13)12-7-5-6-8-12/h3-10H2,1-2H3. The van der Waals surface area contributed by atoms with E-state index in [1.54, 1.807) is 4.90 Å². The summed E-state index contributed by atoms with van der Waals surface area (Å²) in [6.45, 7) is 5.77. The van der Waals surface area contributed by atoms with Gasteiger partial charge in [-0.25, -0.2) is 4.79 Å². The molecule has 5 nitrogen and oxygen atoms in total. The van der Waals surface area contributed by atoms with Gasteiger partial charge in [-0.2, -0.15) is 0 Å². The van der Waals surface area contributed by atoms with Crippen molar-refractivity contribution in [2.75, 3.05) is 31.4 Å². The van der Waals surface area contributed by atoms with E-state index in [1.165, 1.54) is 11.4 Å². The summed E-state index contributed by atoms with van der Waals surface area (Å²) >= 11 is 2.43. The fraction of sp³-hybridized carbons (Fsp3) is 0.909. The number of hydrogen-bond acceptors (Lipinski definition) is 6. The molecule has 19 heavy (non-hydrogen) atoms. The van der Waals surface area contributed by atoms with E-state index >= 15 is 0 Å². The Morgan fingerprint density at radius 1 is 1.26 bits per heavy atom. The maximum absolute atomic E-state index is 12.4. The Balaban J connectivity index is 2.30. The third-order valence-corrected chi connectivity index (χ3v) is 9.81. The predicted octanol–water partition coefficient (Wildman–Crippen LogP) is 4.20. The summed E-state index contributed by atoms with van der Waals surface area (Å²) < 4.78 is 22.8. The quantitative estimate of drug-likeness (QED) is 0.492. The van der Waals surface area contributed by atoms with Crippen LogP contribution in [-0.2, 0) is 13.8 Å². The van der Waals surface area contributed by atoms with Crippen molar-refractivity contribution in [2.45, 2.75) is 33.1 Å². The average molecular weight is 327 g/mol. The number of carbonyl (C=O) groups excluding carboxylic acids is 1. The van der Waals surface area contributed by atoms with Gasteiger partial charge in [0.05, 0.1) is 6.61 Å². The summed E-state index contributed by atoms with van der Waals surface area (Å²) in [5.74, 6) is -1.92. The molecule has 1 heterocycles. The highest BCUT2D eigenvalue weighted by Crippen LogP contribution is 2.69. The lowest BCUT2D eigenvalue weighted by molar-refractivity contribution is 0.128. The summed E-state index contributed by atoms with van der Waals surface area (Å²) in [6.07, 6.45) is 2.70. The molecule has 0 radical (unpaired) electrons. The largest absolute Gasteiger partial charge is 0.438 e. The van der Waals surface area contributed by atoms with Crippen molar-refractivity contribution < 1.29 is 18.6 Å². The molecule has 0 aromatic heterocycles. The summed E-state index contributed by atoms with van der Waals surface area (Å²) in [6, 6.07) is 0. The van der Waals surface area contributed by atoms with Crippen LogP contribution in [0.2, 0.25) is 0 Å². The highest BCUT2D eigenvalue weighted by atomic mass is 33.1. The summed E-state index contributed by atoms with van der Waals surface area (Å²) in [4.78, 5) is 13.3. The number of amides is 1. The topological polar surface area (TPSA) is 55.8 Å². The van der Waals surface area contributed by atoms with Gasteiger partial charge in [0.25, 0.3) is 0 Å². The van der Waals surface area contributed by atoms with Gasteiger partial charge >= 0.3 is 11.9 Å². The molecule has 1 aliphatic heterocycles. The molecular weight excluding hydrogens is 305 g/mol. The maximum atomic E-state index is 12.4. The van der Waals surface area contributed by atoms with Crippen LogP contribution in [-0.4, -0.2) is 42.4 Å². The summed E-state index contributed by atoms with van der Waals surface area (Å²) in [5, 5.41) is 0. The van der Waals surface area contributed by atoms with E-state index in [4.69, 9.17) is 9.26 Å². The lowest BCUT2D eigenvalue weighted by atomic mass is 10.4. The van der Waals surface area contributed by atoms with Crippen LogP contribution in [0, 0.1) is 0 Å². The molecule has 112 valence electrons. The smallest absolute Gasteiger partial charge is 0.410 e. The van der Waals surface area contributed by atoms with E-state index in [0.717, 1.165) is 49.5 Å². The van der Waals surface area contributed by atoms with Crippen LogP contribution in [0.15, 0.2) is 0 Å². The van der Waals surface area contributed by atoms with E-state index < -0.39 is 5.77 Å². The molecule has 8 heteroatoms. The maximum Gasteiger partial charge on any atom is 0.410 e. The highest BCUT2D eigenvalue weighted by Gasteiger charge is 2.26. The van der Waals surface area contributed by atoms with Crippen molar-refractivity contribution in [3.63, 3.8) is 0 Å². The molecular formula is C11H22NO4PS2. The fourth-order valence-electron chi connectivity index (χ4n) is 1.61. The number of carbonyl (C=O) groups is 1. The average Bonchev–Trinajstić information content (AvgIpc) is 2.90. The van der Waals surface area contributed by atoms with Crippen LogP contribution >= 0.6 is 28.5 Å². The van der Waals surface area contributed by atoms with Gasteiger partial charge in [0.2, 0.25) is 0 Å². The molecule has 0 aromatic carbocycles. The van der Waals surface area contributed by atoms with Crippen LogP contribution in [0.25, 0.3) is 0 Å². The molecule has 1 unspecified atom stereocenters. The van der Waals surface area contributed by atoms with Crippen molar-refractivity contribution in [1.29, 1.82) is 0 Å². The number of hydrogen-bond donors (Lipinski definition) is 0. The Morgan fingerprint density at radius 3 is 2.53 bits per heavy atom. The van der Waals surface area contributed by atoms with Crippen molar-refractivity contribution in [3.8, 4) is 0 Å². The van der Waals surface area contributed by atoms with Crippen molar-refractivity contribution in [3.05, 3.63) is 0 Å². The number of nitrogens with zero attached hydrogens (tertiary/aromatic N) is 1. The molecule has 0 N–H and O–H groups in total. The Bertz CT molecular complexity index is 324. The van der Waals surface area contributed by atoms with Gasteiger partial charge in [0.15, 0.2) is 0 Å². The molecule has 0 bridgehead atoms. The first-order valence-electron chi connectivity index (χ1n) is 6.56. The monoisotopic (exact) mass is 327 g/mol. The SMILES string of the molecule is CCCSP(=O)(OCC)SCOC(=O)N1CCCC1. The molecule has 1 fully saturated rings. The van der Waals surface area contributed by atoms with Gasteiger partial charge in [0.1, 0.15) is 5.94 Å². The molecule has 1 amide bonds. The first-order valence-corrected chi connectivity index (χ1v) is 11.4. The zero-order chi connectivity index (χ0) is 14.1. The molecule has 0 aromatic rings. The molecule has 1 aliphatic rings. The van der Waals surface area contributed by atoms with Gasteiger partial charge in [-0.05, 0) is 37.6 Å². The van der Waals surface area contributed by atoms with Crippen molar-refractivity contribution in [1.82, 2.24) is 4.90 Å². The second-order valence-corrected chi connectivity index (χ2v) is 11.5. The predicted molar refractivity (Wildman–Crippen MR) is 81.7 cm³/mol. The first-order chi connectivity index (χ1) is 9.11. The van der Waals surface area contributed by atoms with Crippen LogP contribution in [0.3, 0.4) is 0 Å². The Morgan fingerprint density at radius 2 is 1.95 bits per heavy atom. The van der Waals surface area contributed by atoms with Gasteiger partial charge in [-0.1, -0.05) is 18.3 Å². The second kappa shape index (κ2) is 9.16. The highest BCUT2D eigenvalue weighted by molar-refractivity contribution is 8.89. The van der Waals surface area contributed by atoms with Crippen LogP contribution in [0.5, 0.6) is 0 Å². The number of rotatable bonds is 8. The summed E-state index contributed by atoms with van der Waals surface area (Å²) in [7, 11) is 0. The Kier molecular flexibility index (Phi) is 8.30. The molecule has 1 saturated heterocycles. The fourth-order valence-corrected chi connectivity index (χ4v) is 7.63. The zero-order valence-corrected chi connectivity index (χ0v) is 14.0. The minimum atomic E-state index is -2.79. The van der Waals surface area contributed by atoms with Crippen LogP contribution in [0.4, 0.5) is 4.79 Å². The molecule has 0 aliphatic carbocycles. The molecule has 1 rings (SSSR count). The minimum Gasteiger partial charge on any atom is -0.438 e. The third-order valence-electron chi connectivity index (χ3n) is 2.50. The molecule has 0 saturated carbocycles. The number of likely N-dealkylation sites (tertiary alicyclic amines) is 1. The second-order valence-electron chi connectivity index (χ2n) is 4.05. The van der Waals surface area contributed by atoms with E-state index in [2.05, 4.69) is 0 Å². The first kappa shape index (κ1) is 17.2. The minimum absolute atomic E-state index is 0.0866. The Labute approximate surface area is 123 Å². The van der Waals surface area contributed by atoms with Crippen LogP contribution in [0.1, 0.15) is 33.1 Å². The van der Waals surface area contributed by atoms with Gasteiger partial charge in [-0.3, -0.25) is 4.57 Å². The van der Waals surface area contributed by atoms with Crippen molar-refractivity contribution >= 4 is 34.6 Å². The zero-order valence-electron chi connectivity index (χ0n) is 11.5. The van der Waals surface area contributed by atoms with Crippen LogP contribution < -0.4 is 0 Å². The normalized spacial score (nSPS) is 18.3. The molecule has 0 spiro atoms. The van der Waals surface area contributed by atoms with Crippen molar-refractivity contribution in [2.24, 2.45) is 0 Å². The van der Waals surface area contributed by atoms with E-state index in [0.29, 0.717) is 6.61 Å². The number of ether oxygens (including phenoxy) is 1. The third kappa shape index (κ3) is 6.43. The molecule has 1 atom stereocenters. The van der Waals surface area contributed by atoms with Gasteiger partial charge in [0, 0.05) is 18.8 Å². The van der Waals surface area contributed by atoms with Gasteiger partial charge in [-0.15, -0.1) is 0 Å². The van der Waals surface area contributed by atoms with E-state index in [9.17, 15) is 9.36 Å². The lowest BCUT2D eigenvalue weighted by Gasteiger charge is -2.18. The Hall–Kier alpha value is 0.160. The van der Waals surface area contributed by atoms with Gasteiger partial charge < -0.3 is 14.2 Å². The van der Waals surface area contributed by atoms with E-state index in [1.807, 2.05) is 13.8 Å². The van der Waals surface area contributed by atoms with E-state index in [-0.39, 0.29) is 12.0 Å².